The summed E-state index contributed by atoms with van der Waals surface area (Å²) in [5.41, 5.74) is 1.62. The summed E-state index contributed by atoms with van der Waals surface area (Å²) in [7, 11) is 0. The molecule has 0 aliphatic rings. The zero-order valence-electron chi connectivity index (χ0n) is 7.38. The summed E-state index contributed by atoms with van der Waals surface area (Å²) >= 11 is 22.6. The highest BCUT2D eigenvalue weighted by Crippen LogP contribution is 2.30. The molecular weight excluding hydrogens is 280 g/mol. The second-order valence-electron chi connectivity index (χ2n) is 2.37. The average molecular weight is 287 g/mol. The molecule has 0 amide bonds. The van der Waals surface area contributed by atoms with Gasteiger partial charge in [-0.1, -0.05) is 24.3 Å². The predicted octanol–water partition coefficient (Wildman–Crippen LogP) is 4.54. The second-order valence-corrected chi connectivity index (χ2v) is 4.57. The van der Waals surface area contributed by atoms with Crippen LogP contribution in [0.5, 0.6) is 0 Å². The molecule has 0 bridgehead atoms. The third kappa shape index (κ3) is 6.03. The fourth-order valence-corrected chi connectivity index (χ4v) is 1.37. The van der Waals surface area contributed by atoms with Crippen LogP contribution in [0.1, 0.15) is 20.8 Å². The monoisotopic (exact) mass is 285 g/mol. The lowest BCUT2D eigenvalue weighted by atomic mass is 10.2. The Bertz CT molecular complexity index is 311. The Kier molecular flexibility index (Phi) is 7.85. The van der Waals surface area contributed by atoms with E-state index in [9.17, 15) is 0 Å². The lowest BCUT2D eigenvalue weighted by molar-refractivity contribution is 0.563. The molecule has 0 aromatic heterocycles. The highest BCUT2D eigenvalue weighted by molar-refractivity contribution is 6.44. The summed E-state index contributed by atoms with van der Waals surface area (Å²) in [5, 5.41) is 5.40. The van der Waals surface area contributed by atoms with Gasteiger partial charge in [0.25, 0.3) is 0 Å². The van der Waals surface area contributed by atoms with Crippen molar-refractivity contribution < 1.29 is 4.79 Å². The van der Waals surface area contributed by atoms with E-state index in [1.165, 1.54) is 0 Å². The van der Waals surface area contributed by atoms with Gasteiger partial charge in [0.15, 0.2) is 0 Å². The van der Waals surface area contributed by atoms with Crippen LogP contribution in [-0.2, 0) is 4.79 Å². The normalized spacial score (nSPS) is 9.47. The molecular formula is C9H7Cl4NO. The highest BCUT2D eigenvalue weighted by Gasteiger charge is 2.07. The number of alkyl halides is 4. The quantitative estimate of drug-likeness (QED) is 0.484. The van der Waals surface area contributed by atoms with Gasteiger partial charge in [-0.15, -0.1) is 46.4 Å². The van der Waals surface area contributed by atoms with Crippen molar-refractivity contribution in [3.63, 3.8) is 0 Å². The number of nitrogens with one attached hydrogen (secondary N) is 1. The molecule has 0 unspecified atom stereocenters. The molecule has 0 saturated carbocycles. The van der Waals surface area contributed by atoms with Crippen LogP contribution in [-0.4, -0.2) is 6.08 Å². The highest BCUT2D eigenvalue weighted by atomic mass is 35.5. The Hall–Kier alpha value is -0.240. The van der Waals surface area contributed by atoms with Gasteiger partial charge in [-0.25, -0.2) is 10.2 Å². The van der Waals surface area contributed by atoms with E-state index in [2.05, 4.69) is 0 Å². The number of hydrogen-bond donors (Lipinski definition) is 1. The maximum Gasteiger partial charge on any atom is 0.231 e. The first-order valence-corrected chi connectivity index (χ1v) is 5.47. The van der Waals surface area contributed by atoms with Gasteiger partial charge in [0.1, 0.15) is 9.67 Å². The summed E-state index contributed by atoms with van der Waals surface area (Å²) in [6, 6.07) is 7.25. The fourth-order valence-electron chi connectivity index (χ4n) is 0.830. The average Bonchev–Trinajstić information content (AvgIpc) is 2.19. The van der Waals surface area contributed by atoms with Gasteiger partial charge in [-0.3, -0.25) is 0 Å². The molecule has 15 heavy (non-hydrogen) atoms. The molecule has 0 radical (unpaired) electrons. The molecule has 82 valence electrons. The van der Waals surface area contributed by atoms with Crippen molar-refractivity contribution in [3.05, 3.63) is 35.4 Å². The Labute approximate surface area is 108 Å². The van der Waals surface area contributed by atoms with Gasteiger partial charge in [0.05, 0.1) is 0 Å². The fraction of sp³-hybridized carbons (Fsp3) is 0.222. The first-order chi connectivity index (χ1) is 7.02. The van der Waals surface area contributed by atoms with Crippen molar-refractivity contribution in [2.24, 2.45) is 0 Å². The number of halogens is 4. The first kappa shape index (κ1) is 14.8. The van der Waals surface area contributed by atoms with Crippen molar-refractivity contribution >= 4 is 52.5 Å². The molecule has 6 heteroatoms. The minimum Gasteiger partial charge on any atom is -0.222 e. The molecule has 0 spiro atoms. The van der Waals surface area contributed by atoms with Gasteiger partial charge < -0.3 is 0 Å². The Morgan fingerprint density at radius 1 is 1.07 bits per heavy atom. The maximum atomic E-state index is 8.35. The number of isocyanates is 1. The van der Waals surface area contributed by atoms with Crippen LogP contribution in [0.2, 0.25) is 0 Å². The molecule has 0 aliphatic heterocycles. The van der Waals surface area contributed by atoms with Crippen LogP contribution in [0.3, 0.4) is 0 Å². The van der Waals surface area contributed by atoms with E-state index >= 15 is 0 Å². The van der Waals surface area contributed by atoms with Crippen molar-refractivity contribution in [3.8, 4) is 0 Å². The summed E-state index contributed by atoms with van der Waals surface area (Å²) in [4.78, 5) is 7.29. The topological polar surface area (TPSA) is 40.9 Å². The lowest BCUT2D eigenvalue weighted by Gasteiger charge is -2.05. The largest absolute Gasteiger partial charge is 0.231 e. The van der Waals surface area contributed by atoms with E-state index in [4.69, 9.17) is 56.6 Å². The maximum absolute atomic E-state index is 8.35. The van der Waals surface area contributed by atoms with Gasteiger partial charge in [-0.05, 0) is 11.1 Å². The SMILES string of the molecule is ClC(Cl)c1cccc(C(Cl)Cl)c1.N=C=O. The summed E-state index contributed by atoms with van der Waals surface area (Å²) in [6.45, 7) is 0. The van der Waals surface area contributed by atoms with Crippen molar-refractivity contribution in [1.82, 2.24) is 0 Å². The Morgan fingerprint density at radius 2 is 1.40 bits per heavy atom. The molecule has 0 heterocycles. The summed E-state index contributed by atoms with van der Waals surface area (Å²) in [6.07, 6.45) is 0.750. The minimum atomic E-state index is -0.531. The molecule has 1 aromatic rings. The zero-order chi connectivity index (χ0) is 11.8. The molecule has 1 N–H and O–H groups in total. The standard InChI is InChI=1S/C8H6Cl4.CHNO/c9-7(10)5-2-1-3-6(4-5)8(11)12;2-1-3/h1-4,7-8H;2H. The summed E-state index contributed by atoms with van der Waals surface area (Å²) in [5.74, 6) is 0. The van der Waals surface area contributed by atoms with Crippen LogP contribution >= 0.6 is 46.4 Å². The van der Waals surface area contributed by atoms with E-state index in [1.807, 2.05) is 18.2 Å². The molecule has 0 atom stereocenters. The molecule has 0 aliphatic carbocycles. The molecule has 2 nitrogen and oxygen atoms in total. The number of benzene rings is 1. The Morgan fingerprint density at radius 3 is 1.67 bits per heavy atom. The zero-order valence-corrected chi connectivity index (χ0v) is 10.4. The number of carbonyl (C=O) groups excluding carboxylic acids is 1. The van der Waals surface area contributed by atoms with Crippen LogP contribution < -0.4 is 0 Å². The smallest absolute Gasteiger partial charge is 0.222 e. The van der Waals surface area contributed by atoms with Crippen LogP contribution in [0.25, 0.3) is 0 Å². The van der Waals surface area contributed by atoms with Crippen LogP contribution in [0, 0.1) is 5.41 Å². The molecule has 1 aromatic carbocycles. The van der Waals surface area contributed by atoms with E-state index in [0.29, 0.717) is 0 Å². The van der Waals surface area contributed by atoms with Crippen molar-refractivity contribution in [2.75, 3.05) is 0 Å². The van der Waals surface area contributed by atoms with E-state index in [0.717, 1.165) is 17.2 Å². The predicted molar refractivity (Wildman–Crippen MR) is 63.7 cm³/mol. The first-order valence-electron chi connectivity index (χ1n) is 3.73. The summed E-state index contributed by atoms with van der Waals surface area (Å²) < 4.78 is 0. The van der Waals surface area contributed by atoms with Gasteiger partial charge in [-0.2, -0.15) is 0 Å². The van der Waals surface area contributed by atoms with Crippen LogP contribution in [0.15, 0.2) is 24.3 Å². The van der Waals surface area contributed by atoms with Crippen molar-refractivity contribution in [1.29, 1.82) is 5.41 Å². The molecule has 0 saturated heterocycles. The molecule has 0 fully saturated rings. The molecule has 1 rings (SSSR count). The van der Waals surface area contributed by atoms with Gasteiger partial charge in [0, 0.05) is 0 Å². The van der Waals surface area contributed by atoms with Crippen molar-refractivity contribution in [2.45, 2.75) is 9.67 Å². The second kappa shape index (κ2) is 7.98. The number of hydrogen-bond acceptors (Lipinski definition) is 2. The van der Waals surface area contributed by atoms with Gasteiger partial charge in [0.2, 0.25) is 6.08 Å². The van der Waals surface area contributed by atoms with E-state index in [-0.39, 0.29) is 0 Å². The van der Waals surface area contributed by atoms with E-state index < -0.39 is 9.67 Å². The third-order valence-electron chi connectivity index (χ3n) is 1.41. The minimum absolute atomic E-state index is 0.531. The van der Waals surface area contributed by atoms with Gasteiger partial charge >= 0.3 is 0 Å². The third-order valence-corrected chi connectivity index (χ3v) is 2.42. The van der Waals surface area contributed by atoms with E-state index in [1.54, 1.807) is 6.07 Å². The number of rotatable bonds is 2. The van der Waals surface area contributed by atoms with Crippen LogP contribution in [0.4, 0.5) is 0 Å². The lowest BCUT2D eigenvalue weighted by Crippen LogP contribution is -1.86. The Balaban J connectivity index is 0.000000583.